The van der Waals surface area contributed by atoms with Crippen molar-refractivity contribution >= 4 is 5.97 Å². The molecule has 0 saturated carbocycles. The number of hydrogen-bond acceptors (Lipinski definition) is 6. The summed E-state index contributed by atoms with van der Waals surface area (Å²) in [4.78, 5) is 16.0. The molecule has 3 rings (SSSR count). The highest BCUT2D eigenvalue weighted by Crippen LogP contribution is 2.22. The van der Waals surface area contributed by atoms with Crippen LogP contribution in [0.4, 0.5) is 4.39 Å². The fourth-order valence-electron chi connectivity index (χ4n) is 1.89. The van der Waals surface area contributed by atoms with Crippen molar-refractivity contribution in [2.24, 2.45) is 0 Å². The number of esters is 1. The van der Waals surface area contributed by atoms with E-state index in [9.17, 15) is 9.18 Å². The van der Waals surface area contributed by atoms with Crippen LogP contribution in [-0.2, 0) is 4.74 Å². The van der Waals surface area contributed by atoms with E-state index in [0.717, 1.165) is 0 Å². The monoisotopic (exact) mass is 316 g/mol. The molecule has 0 aliphatic heterocycles. The normalized spacial score (nSPS) is 12.1. The van der Waals surface area contributed by atoms with Crippen molar-refractivity contribution in [3.05, 3.63) is 53.4 Å². The van der Waals surface area contributed by atoms with E-state index in [1.165, 1.54) is 18.3 Å². The van der Waals surface area contributed by atoms with Gasteiger partial charge in [-0.3, -0.25) is 5.10 Å². The highest BCUT2D eigenvalue weighted by molar-refractivity contribution is 5.87. The second-order valence-electron chi connectivity index (χ2n) is 4.94. The summed E-state index contributed by atoms with van der Waals surface area (Å²) in [5.41, 5.74) is 1.23. The molecule has 1 atom stereocenters. The molecule has 0 saturated heterocycles. The Morgan fingerprint density at radius 2 is 2.22 bits per heavy atom. The molecule has 1 unspecified atom stereocenters. The van der Waals surface area contributed by atoms with E-state index < -0.39 is 12.1 Å². The number of halogens is 1. The summed E-state index contributed by atoms with van der Waals surface area (Å²) < 4.78 is 23.9. The van der Waals surface area contributed by atoms with Gasteiger partial charge in [0.05, 0.1) is 0 Å². The van der Waals surface area contributed by atoms with Gasteiger partial charge in [-0.25, -0.2) is 9.18 Å². The fraction of sp³-hybridized carbons (Fsp3) is 0.200. The molecule has 0 fully saturated rings. The molecule has 8 heteroatoms. The molecular weight excluding hydrogens is 303 g/mol. The molecule has 23 heavy (non-hydrogen) atoms. The zero-order valence-electron chi connectivity index (χ0n) is 12.4. The number of carbonyl (C=O) groups excluding carboxylic acids is 1. The van der Waals surface area contributed by atoms with Crippen LogP contribution in [0, 0.1) is 12.7 Å². The third-order valence-electron chi connectivity index (χ3n) is 3.22. The minimum atomic E-state index is -0.748. The van der Waals surface area contributed by atoms with Gasteiger partial charge in [-0.15, -0.1) is 0 Å². The molecule has 1 aromatic carbocycles. The fourth-order valence-corrected chi connectivity index (χ4v) is 1.89. The quantitative estimate of drug-likeness (QED) is 0.744. The molecule has 2 aromatic heterocycles. The summed E-state index contributed by atoms with van der Waals surface area (Å²) in [5, 5.41) is 9.96. The van der Waals surface area contributed by atoms with Gasteiger partial charge in [0.15, 0.2) is 6.10 Å². The first-order valence-electron chi connectivity index (χ1n) is 6.85. The summed E-state index contributed by atoms with van der Waals surface area (Å²) >= 11 is 0. The van der Waals surface area contributed by atoms with Crippen LogP contribution in [0.25, 0.3) is 11.4 Å². The molecular formula is C15H13FN4O3. The Kier molecular flexibility index (Phi) is 3.88. The zero-order chi connectivity index (χ0) is 16.4. The van der Waals surface area contributed by atoms with E-state index in [1.54, 1.807) is 26.0 Å². The van der Waals surface area contributed by atoms with E-state index in [0.29, 0.717) is 11.1 Å². The second kappa shape index (κ2) is 5.99. The number of hydrogen-bond donors (Lipinski definition) is 1. The summed E-state index contributed by atoms with van der Waals surface area (Å²) in [6, 6.07) is 6.13. The van der Waals surface area contributed by atoms with Gasteiger partial charge in [-0.2, -0.15) is 10.1 Å². The average Bonchev–Trinajstić information content (AvgIpc) is 3.21. The Labute approximate surface area is 130 Å². The molecule has 0 radical (unpaired) electrons. The van der Waals surface area contributed by atoms with Crippen LogP contribution in [0.15, 0.2) is 35.0 Å². The minimum absolute atomic E-state index is 0.119. The second-order valence-corrected chi connectivity index (χ2v) is 4.94. The van der Waals surface area contributed by atoms with Crippen LogP contribution in [0.1, 0.15) is 35.0 Å². The highest BCUT2D eigenvalue weighted by atomic mass is 19.1. The Morgan fingerprint density at radius 1 is 1.39 bits per heavy atom. The number of aromatic nitrogens is 4. The lowest BCUT2D eigenvalue weighted by atomic mass is 10.1. The van der Waals surface area contributed by atoms with Gasteiger partial charge in [0.1, 0.15) is 11.5 Å². The van der Waals surface area contributed by atoms with Gasteiger partial charge in [-0.1, -0.05) is 17.3 Å². The van der Waals surface area contributed by atoms with Crippen LogP contribution in [0.2, 0.25) is 0 Å². The van der Waals surface area contributed by atoms with Crippen LogP contribution < -0.4 is 0 Å². The first-order valence-corrected chi connectivity index (χ1v) is 6.85. The summed E-state index contributed by atoms with van der Waals surface area (Å²) in [7, 11) is 0. The highest BCUT2D eigenvalue weighted by Gasteiger charge is 2.21. The van der Waals surface area contributed by atoms with Gasteiger partial charge in [0, 0.05) is 11.8 Å². The number of rotatable bonds is 4. The van der Waals surface area contributed by atoms with Gasteiger partial charge in [0.25, 0.3) is 5.89 Å². The molecule has 0 amide bonds. The molecule has 0 bridgehead atoms. The van der Waals surface area contributed by atoms with Crippen molar-refractivity contribution in [2.45, 2.75) is 20.0 Å². The number of carbonyl (C=O) groups is 1. The Balaban J connectivity index is 1.75. The van der Waals surface area contributed by atoms with Crippen molar-refractivity contribution in [2.75, 3.05) is 0 Å². The van der Waals surface area contributed by atoms with E-state index in [2.05, 4.69) is 20.3 Å². The van der Waals surface area contributed by atoms with Crippen molar-refractivity contribution in [1.29, 1.82) is 0 Å². The number of aryl methyl sites for hydroxylation is 1. The first kappa shape index (κ1) is 14.9. The van der Waals surface area contributed by atoms with E-state index in [-0.39, 0.29) is 23.2 Å². The van der Waals surface area contributed by atoms with E-state index in [1.807, 2.05) is 0 Å². The lowest BCUT2D eigenvalue weighted by Gasteiger charge is -2.07. The summed E-state index contributed by atoms with van der Waals surface area (Å²) in [6.45, 7) is 3.26. The summed E-state index contributed by atoms with van der Waals surface area (Å²) in [6.07, 6.45) is 0.695. The average molecular weight is 316 g/mol. The number of nitrogens with one attached hydrogen (secondary N) is 1. The third kappa shape index (κ3) is 3.10. The molecule has 2 heterocycles. The van der Waals surface area contributed by atoms with Crippen molar-refractivity contribution in [3.8, 4) is 11.4 Å². The van der Waals surface area contributed by atoms with Crippen LogP contribution in [-0.4, -0.2) is 26.3 Å². The number of ether oxygens (including phenoxy) is 1. The Bertz CT molecular complexity index is 829. The van der Waals surface area contributed by atoms with Crippen LogP contribution >= 0.6 is 0 Å². The predicted octanol–water partition coefficient (Wildman–Crippen LogP) is 2.83. The van der Waals surface area contributed by atoms with Crippen molar-refractivity contribution in [1.82, 2.24) is 20.3 Å². The van der Waals surface area contributed by atoms with E-state index in [4.69, 9.17) is 9.26 Å². The minimum Gasteiger partial charge on any atom is -0.448 e. The molecule has 1 N–H and O–H groups in total. The first-order chi connectivity index (χ1) is 11.0. The van der Waals surface area contributed by atoms with E-state index >= 15 is 0 Å². The molecule has 0 aliphatic rings. The molecule has 3 aromatic rings. The number of aromatic amines is 1. The maximum Gasteiger partial charge on any atom is 0.357 e. The number of benzene rings is 1. The predicted molar refractivity (Wildman–Crippen MR) is 76.8 cm³/mol. The maximum atomic E-state index is 13.6. The zero-order valence-corrected chi connectivity index (χ0v) is 12.4. The molecule has 0 spiro atoms. The van der Waals surface area contributed by atoms with Gasteiger partial charge in [-0.05, 0) is 31.5 Å². The Morgan fingerprint density at radius 3 is 2.91 bits per heavy atom. The smallest absolute Gasteiger partial charge is 0.357 e. The Hall–Kier alpha value is -3.03. The van der Waals surface area contributed by atoms with Crippen molar-refractivity contribution in [3.63, 3.8) is 0 Å². The van der Waals surface area contributed by atoms with Gasteiger partial charge >= 0.3 is 5.97 Å². The lowest BCUT2D eigenvalue weighted by molar-refractivity contribution is 0.0258. The van der Waals surface area contributed by atoms with Crippen LogP contribution in [0.5, 0.6) is 0 Å². The maximum absolute atomic E-state index is 13.6. The SMILES string of the molecule is Cc1ccc(-c2noc(C(C)OC(=O)c3ccn[nH]3)n2)cc1F. The number of nitrogens with zero attached hydrogens (tertiary/aromatic N) is 3. The molecule has 0 aliphatic carbocycles. The largest absolute Gasteiger partial charge is 0.448 e. The summed E-state index contributed by atoms with van der Waals surface area (Å²) in [5.74, 6) is -0.596. The topological polar surface area (TPSA) is 93.9 Å². The van der Waals surface area contributed by atoms with Gasteiger partial charge in [0.2, 0.25) is 5.82 Å². The lowest BCUT2D eigenvalue weighted by Crippen LogP contribution is -2.10. The van der Waals surface area contributed by atoms with Gasteiger partial charge < -0.3 is 9.26 Å². The standard InChI is InChI=1S/C15H13FN4O3/c1-8-3-4-10(7-11(8)16)13-18-14(23-20-13)9(2)22-15(21)12-5-6-17-19-12/h3-7,9H,1-2H3,(H,17,19). The third-order valence-corrected chi connectivity index (χ3v) is 3.22. The van der Waals surface area contributed by atoms with Crippen LogP contribution in [0.3, 0.4) is 0 Å². The number of H-pyrrole nitrogens is 1. The van der Waals surface area contributed by atoms with Crippen molar-refractivity contribution < 1.29 is 18.4 Å². The molecule has 7 nitrogen and oxygen atoms in total. The molecule has 118 valence electrons.